The summed E-state index contributed by atoms with van der Waals surface area (Å²) in [6, 6.07) is 7.48. The lowest BCUT2D eigenvalue weighted by Gasteiger charge is -2.08. The number of nitrogens with two attached hydrogens (primary N) is 1. The van der Waals surface area contributed by atoms with Gasteiger partial charge in [0.2, 0.25) is 0 Å². The first-order valence-electron chi connectivity index (χ1n) is 5.14. The quantitative estimate of drug-likeness (QED) is 0.861. The van der Waals surface area contributed by atoms with Crippen LogP contribution in [0.3, 0.4) is 0 Å². The van der Waals surface area contributed by atoms with Crippen molar-refractivity contribution in [1.29, 1.82) is 0 Å². The van der Waals surface area contributed by atoms with Crippen LogP contribution in [0.5, 0.6) is 0 Å². The lowest BCUT2D eigenvalue weighted by atomic mass is 10.2. The molecular weight excluding hydrogens is 282 g/mol. The molecule has 0 spiro atoms. The van der Waals surface area contributed by atoms with Crippen molar-refractivity contribution in [3.63, 3.8) is 0 Å². The van der Waals surface area contributed by atoms with E-state index >= 15 is 0 Å². The van der Waals surface area contributed by atoms with Gasteiger partial charge in [-0.25, -0.2) is 4.98 Å². The molecule has 0 aliphatic heterocycles. The minimum atomic E-state index is -0.0965. The Balaban J connectivity index is 2.41. The summed E-state index contributed by atoms with van der Waals surface area (Å²) in [7, 11) is 0. The van der Waals surface area contributed by atoms with E-state index in [2.05, 4.69) is 20.9 Å². The Bertz CT molecular complexity index is 607. The van der Waals surface area contributed by atoms with Crippen molar-refractivity contribution in [2.75, 3.05) is 5.73 Å². The van der Waals surface area contributed by atoms with Gasteiger partial charge in [-0.2, -0.15) is 0 Å². The molecule has 1 aromatic carbocycles. The molecule has 2 N–H and O–H groups in total. The Kier molecular flexibility index (Phi) is 3.28. The average molecular weight is 294 g/mol. The first-order valence-corrected chi connectivity index (χ1v) is 5.94. The van der Waals surface area contributed by atoms with Crippen LogP contribution in [0.2, 0.25) is 0 Å². The van der Waals surface area contributed by atoms with Crippen molar-refractivity contribution in [2.45, 2.75) is 13.5 Å². The van der Waals surface area contributed by atoms with E-state index in [1.165, 1.54) is 10.9 Å². The number of para-hydroxylation sites is 1. The van der Waals surface area contributed by atoms with E-state index in [9.17, 15) is 4.79 Å². The van der Waals surface area contributed by atoms with Gasteiger partial charge in [-0.1, -0.05) is 18.2 Å². The second-order valence-corrected chi connectivity index (χ2v) is 4.57. The van der Waals surface area contributed by atoms with E-state index in [-0.39, 0.29) is 5.56 Å². The number of nitrogen functional groups attached to an aromatic ring is 1. The maximum absolute atomic E-state index is 11.9. The number of hydrogen-bond acceptors (Lipinski definition) is 3. The Morgan fingerprint density at radius 2 is 2.12 bits per heavy atom. The van der Waals surface area contributed by atoms with Gasteiger partial charge in [0.1, 0.15) is 4.47 Å². The summed E-state index contributed by atoms with van der Waals surface area (Å²) < 4.78 is 2.03. The van der Waals surface area contributed by atoms with Crippen LogP contribution >= 0.6 is 15.9 Å². The maximum atomic E-state index is 11.9. The number of aryl methyl sites for hydroxylation is 1. The molecular formula is C12H12BrN3O. The van der Waals surface area contributed by atoms with Crippen LogP contribution in [0.15, 0.2) is 39.9 Å². The first-order chi connectivity index (χ1) is 8.09. The van der Waals surface area contributed by atoms with Gasteiger partial charge in [-0.15, -0.1) is 0 Å². The molecule has 0 unspecified atom stereocenters. The zero-order valence-electron chi connectivity index (χ0n) is 9.35. The molecule has 0 bridgehead atoms. The van der Waals surface area contributed by atoms with Gasteiger partial charge >= 0.3 is 0 Å². The summed E-state index contributed by atoms with van der Waals surface area (Å²) in [4.78, 5) is 16.1. The fourth-order valence-electron chi connectivity index (χ4n) is 1.52. The van der Waals surface area contributed by atoms with E-state index in [0.29, 0.717) is 22.4 Å². The largest absolute Gasteiger partial charge is 0.398 e. The molecule has 88 valence electrons. The fraction of sp³-hybridized carbons (Fsp3) is 0.167. The lowest BCUT2D eigenvalue weighted by molar-refractivity contribution is 0.726. The van der Waals surface area contributed by atoms with Crippen LogP contribution in [-0.2, 0) is 6.54 Å². The smallest absolute Gasteiger partial charge is 0.268 e. The molecule has 0 radical (unpaired) electrons. The Morgan fingerprint density at radius 1 is 1.41 bits per heavy atom. The molecule has 4 nitrogen and oxygen atoms in total. The maximum Gasteiger partial charge on any atom is 0.268 e. The van der Waals surface area contributed by atoms with Crippen LogP contribution in [-0.4, -0.2) is 9.55 Å². The molecule has 0 saturated carbocycles. The summed E-state index contributed by atoms with van der Waals surface area (Å²) in [5, 5.41) is 0. The van der Waals surface area contributed by atoms with E-state index in [4.69, 9.17) is 5.73 Å². The molecule has 0 fully saturated rings. The third kappa shape index (κ3) is 2.39. The lowest BCUT2D eigenvalue weighted by Crippen LogP contribution is -2.23. The van der Waals surface area contributed by atoms with E-state index in [1.54, 1.807) is 6.92 Å². The van der Waals surface area contributed by atoms with Gasteiger partial charge in [0.15, 0.2) is 0 Å². The van der Waals surface area contributed by atoms with Crippen LogP contribution < -0.4 is 11.3 Å². The first kappa shape index (κ1) is 11.9. The molecule has 2 aromatic rings. The summed E-state index contributed by atoms with van der Waals surface area (Å²) in [6.07, 6.45) is 1.54. The second kappa shape index (κ2) is 4.71. The van der Waals surface area contributed by atoms with E-state index < -0.39 is 0 Å². The van der Waals surface area contributed by atoms with Crippen molar-refractivity contribution >= 4 is 21.6 Å². The Hall–Kier alpha value is -1.62. The van der Waals surface area contributed by atoms with Crippen molar-refractivity contribution in [2.24, 2.45) is 0 Å². The fourth-order valence-corrected chi connectivity index (χ4v) is 1.85. The number of halogens is 1. The van der Waals surface area contributed by atoms with Crippen LogP contribution in [0.4, 0.5) is 5.69 Å². The molecule has 1 heterocycles. The van der Waals surface area contributed by atoms with Gasteiger partial charge in [0, 0.05) is 5.69 Å². The minimum Gasteiger partial charge on any atom is -0.398 e. The Labute approximate surface area is 107 Å². The van der Waals surface area contributed by atoms with Crippen molar-refractivity contribution in [3.8, 4) is 0 Å². The summed E-state index contributed by atoms with van der Waals surface area (Å²) in [6.45, 7) is 2.21. The average Bonchev–Trinajstić information content (AvgIpc) is 2.32. The van der Waals surface area contributed by atoms with Crippen molar-refractivity contribution in [3.05, 3.63) is 56.7 Å². The number of rotatable bonds is 2. The highest BCUT2D eigenvalue weighted by atomic mass is 79.9. The third-order valence-electron chi connectivity index (χ3n) is 2.55. The molecule has 0 aliphatic rings. The predicted octanol–water partition coefficient (Wildman–Crippen LogP) is 1.94. The number of anilines is 1. The molecule has 17 heavy (non-hydrogen) atoms. The normalized spacial score (nSPS) is 10.5. The number of benzene rings is 1. The van der Waals surface area contributed by atoms with Gasteiger partial charge in [-0.05, 0) is 34.5 Å². The van der Waals surface area contributed by atoms with Crippen molar-refractivity contribution in [1.82, 2.24) is 9.55 Å². The van der Waals surface area contributed by atoms with Crippen LogP contribution in [0.1, 0.15) is 11.3 Å². The van der Waals surface area contributed by atoms with E-state index in [1.807, 2.05) is 24.3 Å². The van der Waals surface area contributed by atoms with Gasteiger partial charge in [0.05, 0.1) is 18.6 Å². The number of hydrogen-bond donors (Lipinski definition) is 1. The molecule has 0 atom stereocenters. The van der Waals surface area contributed by atoms with Crippen LogP contribution in [0.25, 0.3) is 0 Å². The summed E-state index contributed by atoms with van der Waals surface area (Å²) in [5.41, 5.74) is 8.02. The highest BCUT2D eigenvalue weighted by molar-refractivity contribution is 9.10. The summed E-state index contributed by atoms with van der Waals surface area (Å²) >= 11 is 3.23. The predicted molar refractivity (Wildman–Crippen MR) is 70.9 cm³/mol. The molecule has 2 rings (SSSR count). The monoisotopic (exact) mass is 293 g/mol. The zero-order valence-corrected chi connectivity index (χ0v) is 10.9. The van der Waals surface area contributed by atoms with Gasteiger partial charge in [-0.3, -0.25) is 9.36 Å². The molecule has 0 saturated heterocycles. The second-order valence-electron chi connectivity index (χ2n) is 3.78. The minimum absolute atomic E-state index is 0.0965. The molecule has 5 heteroatoms. The van der Waals surface area contributed by atoms with Gasteiger partial charge < -0.3 is 5.73 Å². The topological polar surface area (TPSA) is 60.9 Å². The highest BCUT2D eigenvalue weighted by Crippen LogP contribution is 2.12. The SMILES string of the molecule is Cc1ncn(Cc2ccccc2N)c(=O)c1Br. The van der Waals surface area contributed by atoms with Gasteiger partial charge in [0.25, 0.3) is 5.56 Å². The van der Waals surface area contributed by atoms with E-state index in [0.717, 1.165) is 5.56 Å². The third-order valence-corrected chi connectivity index (χ3v) is 3.47. The molecule has 0 amide bonds. The standard InChI is InChI=1S/C12H12BrN3O/c1-8-11(13)12(17)16(7-15-8)6-9-4-2-3-5-10(9)14/h2-5,7H,6,14H2,1H3. The summed E-state index contributed by atoms with van der Waals surface area (Å²) in [5.74, 6) is 0. The Morgan fingerprint density at radius 3 is 2.82 bits per heavy atom. The zero-order chi connectivity index (χ0) is 12.4. The number of aromatic nitrogens is 2. The molecule has 1 aromatic heterocycles. The molecule has 0 aliphatic carbocycles. The van der Waals surface area contributed by atoms with Crippen molar-refractivity contribution < 1.29 is 0 Å². The highest BCUT2D eigenvalue weighted by Gasteiger charge is 2.06. The number of nitrogens with zero attached hydrogens (tertiary/aromatic N) is 2. The van der Waals surface area contributed by atoms with Crippen LogP contribution in [0, 0.1) is 6.92 Å².